The van der Waals surface area contributed by atoms with E-state index in [4.69, 9.17) is 0 Å². The lowest BCUT2D eigenvalue weighted by molar-refractivity contribution is 0.534. The first-order valence-electron chi connectivity index (χ1n) is 5.88. The molecule has 0 amide bonds. The van der Waals surface area contributed by atoms with Crippen molar-refractivity contribution in [1.29, 1.82) is 0 Å². The van der Waals surface area contributed by atoms with E-state index >= 15 is 0 Å². The van der Waals surface area contributed by atoms with Gasteiger partial charge in [-0.05, 0) is 42.1 Å². The second kappa shape index (κ2) is 5.52. The second-order valence-electron chi connectivity index (χ2n) is 4.35. The summed E-state index contributed by atoms with van der Waals surface area (Å²) in [5.41, 5.74) is 0.628. The molecular formula is C12H11F2N3S2. The Morgan fingerprint density at radius 1 is 1.32 bits per heavy atom. The van der Waals surface area contributed by atoms with Gasteiger partial charge in [0.25, 0.3) is 0 Å². The fourth-order valence-corrected chi connectivity index (χ4v) is 3.05. The lowest BCUT2D eigenvalue weighted by atomic mass is 10.2. The van der Waals surface area contributed by atoms with E-state index in [1.54, 1.807) is 0 Å². The number of nitrogens with zero attached hydrogens (tertiary/aromatic N) is 2. The van der Waals surface area contributed by atoms with E-state index in [-0.39, 0.29) is 4.90 Å². The largest absolute Gasteiger partial charge is 0.310 e. The Morgan fingerprint density at radius 2 is 2.05 bits per heavy atom. The van der Waals surface area contributed by atoms with E-state index in [1.807, 2.05) is 0 Å². The molecular weight excluding hydrogens is 288 g/mol. The van der Waals surface area contributed by atoms with Crippen molar-refractivity contribution in [3.63, 3.8) is 0 Å². The maximum atomic E-state index is 13.9. The lowest BCUT2D eigenvalue weighted by Gasteiger charge is -2.07. The predicted molar refractivity (Wildman–Crippen MR) is 70.3 cm³/mol. The second-order valence-corrected chi connectivity index (χ2v) is 6.39. The average molecular weight is 299 g/mol. The Labute approximate surface area is 117 Å². The number of halogens is 2. The minimum absolute atomic E-state index is 0.0214. The SMILES string of the molecule is Fc1cc(CNC2CC2)cc(F)c1Sc1ncns1. The molecule has 3 rings (SSSR count). The summed E-state index contributed by atoms with van der Waals surface area (Å²) in [5, 5.41) is 3.23. The summed E-state index contributed by atoms with van der Waals surface area (Å²) >= 11 is 2.09. The average Bonchev–Trinajstić information content (AvgIpc) is 3.07. The Bertz CT molecular complexity index is 547. The maximum Gasteiger partial charge on any atom is 0.174 e. The summed E-state index contributed by atoms with van der Waals surface area (Å²) in [6.45, 7) is 0.502. The Morgan fingerprint density at radius 3 is 2.63 bits per heavy atom. The van der Waals surface area contributed by atoms with Crippen LogP contribution in [0.15, 0.2) is 27.7 Å². The molecule has 1 aliphatic carbocycles. The molecule has 0 atom stereocenters. The minimum atomic E-state index is -0.548. The van der Waals surface area contributed by atoms with Crippen LogP contribution in [0.3, 0.4) is 0 Å². The zero-order chi connectivity index (χ0) is 13.2. The third kappa shape index (κ3) is 3.29. The van der Waals surface area contributed by atoms with Gasteiger partial charge in [-0.15, -0.1) is 0 Å². The molecule has 1 aromatic carbocycles. The van der Waals surface area contributed by atoms with Gasteiger partial charge in [0, 0.05) is 12.6 Å². The molecule has 1 N–H and O–H groups in total. The van der Waals surface area contributed by atoms with Crippen LogP contribution in [0.5, 0.6) is 0 Å². The van der Waals surface area contributed by atoms with Crippen LogP contribution in [0.2, 0.25) is 0 Å². The molecule has 1 aromatic heterocycles. The van der Waals surface area contributed by atoms with Crippen molar-refractivity contribution in [3.05, 3.63) is 35.7 Å². The number of aromatic nitrogens is 2. The van der Waals surface area contributed by atoms with Crippen LogP contribution in [0.1, 0.15) is 18.4 Å². The molecule has 7 heteroatoms. The van der Waals surface area contributed by atoms with Crippen LogP contribution < -0.4 is 5.32 Å². The molecule has 0 radical (unpaired) electrons. The first-order chi connectivity index (χ1) is 9.22. The highest BCUT2D eigenvalue weighted by Crippen LogP contribution is 2.33. The summed E-state index contributed by atoms with van der Waals surface area (Å²) < 4.78 is 32.2. The van der Waals surface area contributed by atoms with E-state index in [2.05, 4.69) is 14.7 Å². The quantitative estimate of drug-likeness (QED) is 0.920. The molecule has 1 fully saturated rings. The number of hydrogen-bond donors (Lipinski definition) is 1. The molecule has 2 aromatic rings. The van der Waals surface area contributed by atoms with E-state index < -0.39 is 11.6 Å². The lowest BCUT2D eigenvalue weighted by Crippen LogP contribution is -2.15. The first kappa shape index (κ1) is 13.0. The van der Waals surface area contributed by atoms with Crippen molar-refractivity contribution in [2.24, 2.45) is 0 Å². The van der Waals surface area contributed by atoms with E-state index in [0.717, 1.165) is 36.1 Å². The fourth-order valence-electron chi connectivity index (χ4n) is 1.66. The van der Waals surface area contributed by atoms with Crippen molar-refractivity contribution in [3.8, 4) is 0 Å². The van der Waals surface area contributed by atoms with Gasteiger partial charge in [0.05, 0.1) is 4.90 Å². The number of benzene rings is 1. The molecule has 19 heavy (non-hydrogen) atoms. The Hall–Kier alpha value is -1.05. The highest BCUT2D eigenvalue weighted by molar-refractivity contribution is 8.01. The van der Waals surface area contributed by atoms with E-state index in [1.165, 1.54) is 18.5 Å². The smallest absolute Gasteiger partial charge is 0.174 e. The summed E-state index contributed by atoms with van der Waals surface area (Å²) in [6, 6.07) is 3.27. The monoisotopic (exact) mass is 299 g/mol. The van der Waals surface area contributed by atoms with E-state index in [9.17, 15) is 8.78 Å². The highest BCUT2D eigenvalue weighted by Gasteiger charge is 2.21. The van der Waals surface area contributed by atoms with Gasteiger partial charge in [0.15, 0.2) is 4.34 Å². The van der Waals surface area contributed by atoms with Gasteiger partial charge in [0.1, 0.15) is 18.0 Å². The van der Waals surface area contributed by atoms with Crippen LogP contribution in [0.25, 0.3) is 0 Å². The van der Waals surface area contributed by atoms with Crippen molar-refractivity contribution in [2.45, 2.75) is 34.7 Å². The summed E-state index contributed by atoms with van der Waals surface area (Å²) in [4.78, 5) is 3.89. The first-order valence-corrected chi connectivity index (χ1v) is 7.47. The van der Waals surface area contributed by atoms with E-state index in [0.29, 0.717) is 22.5 Å². The van der Waals surface area contributed by atoms with Crippen LogP contribution in [0.4, 0.5) is 8.78 Å². The molecule has 1 aliphatic rings. The zero-order valence-corrected chi connectivity index (χ0v) is 11.5. The van der Waals surface area contributed by atoms with Gasteiger partial charge in [-0.1, -0.05) is 11.8 Å². The van der Waals surface area contributed by atoms with Crippen molar-refractivity contribution >= 4 is 23.3 Å². The Balaban J connectivity index is 1.76. The topological polar surface area (TPSA) is 37.8 Å². The van der Waals surface area contributed by atoms with Crippen LogP contribution in [0, 0.1) is 11.6 Å². The minimum Gasteiger partial charge on any atom is -0.310 e. The highest BCUT2D eigenvalue weighted by atomic mass is 32.2. The van der Waals surface area contributed by atoms with Gasteiger partial charge < -0.3 is 5.32 Å². The molecule has 1 heterocycles. The maximum absolute atomic E-state index is 13.9. The number of hydrogen-bond acceptors (Lipinski definition) is 5. The molecule has 0 aliphatic heterocycles. The summed E-state index contributed by atoms with van der Waals surface area (Å²) in [6.07, 6.45) is 3.67. The molecule has 0 spiro atoms. The molecule has 0 bridgehead atoms. The van der Waals surface area contributed by atoms with Gasteiger partial charge in [-0.3, -0.25) is 0 Å². The zero-order valence-electron chi connectivity index (χ0n) is 9.90. The molecule has 3 nitrogen and oxygen atoms in total. The van der Waals surface area contributed by atoms with Gasteiger partial charge in [0.2, 0.25) is 0 Å². The number of nitrogens with one attached hydrogen (secondary N) is 1. The molecule has 0 unspecified atom stereocenters. The van der Waals surface area contributed by atoms with Gasteiger partial charge in [-0.25, -0.2) is 13.8 Å². The van der Waals surface area contributed by atoms with Crippen LogP contribution in [-0.2, 0) is 6.54 Å². The van der Waals surface area contributed by atoms with Gasteiger partial charge in [-0.2, -0.15) is 4.37 Å². The van der Waals surface area contributed by atoms with Gasteiger partial charge >= 0.3 is 0 Å². The summed E-state index contributed by atoms with van der Waals surface area (Å²) in [7, 11) is 0. The Kier molecular flexibility index (Phi) is 3.76. The van der Waals surface area contributed by atoms with Crippen molar-refractivity contribution in [2.75, 3.05) is 0 Å². The van der Waals surface area contributed by atoms with Crippen molar-refractivity contribution < 1.29 is 8.78 Å². The van der Waals surface area contributed by atoms with Crippen LogP contribution >= 0.6 is 23.3 Å². The summed E-state index contributed by atoms with van der Waals surface area (Å²) in [5.74, 6) is -1.10. The molecule has 100 valence electrons. The normalized spacial score (nSPS) is 14.8. The third-order valence-electron chi connectivity index (χ3n) is 2.76. The standard InChI is InChI=1S/C12H11F2N3S2/c13-9-3-7(5-15-8-1-2-8)4-10(14)11(9)18-12-16-6-17-19-12/h3-4,6,8,15H,1-2,5H2. The predicted octanol–water partition coefficient (Wildman–Crippen LogP) is 3.22. The fraction of sp³-hybridized carbons (Fsp3) is 0.333. The molecule has 1 saturated carbocycles. The van der Waals surface area contributed by atoms with Crippen LogP contribution in [-0.4, -0.2) is 15.4 Å². The third-order valence-corrected chi connectivity index (χ3v) is 4.57. The van der Waals surface area contributed by atoms with Crippen molar-refractivity contribution in [1.82, 2.24) is 14.7 Å². The number of rotatable bonds is 5. The molecule has 0 saturated heterocycles.